The van der Waals surface area contributed by atoms with E-state index in [0.717, 1.165) is 24.5 Å². The second-order valence-corrected chi connectivity index (χ2v) is 8.08. The van der Waals surface area contributed by atoms with Crippen LogP contribution in [0.4, 0.5) is 11.4 Å². The molecule has 0 spiro atoms. The SMILES string of the molecule is CCOc1ccc(C(=O)NC(=S)Nc2ccc(N3CCN(C(=O)c4ccco4)CC3)cc2)cc1. The van der Waals surface area contributed by atoms with Crippen molar-refractivity contribution in [3.05, 3.63) is 78.3 Å². The maximum atomic E-state index is 12.4. The predicted octanol–water partition coefficient (Wildman–Crippen LogP) is 3.77. The Balaban J connectivity index is 1.26. The number of rotatable bonds is 6. The van der Waals surface area contributed by atoms with E-state index in [1.54, 1.807) is 41.3 Å². The summed E-state index contributed by atoms with van der Waals surface area (Å²) >= 11 is 5.29. The number of nitrogens with zero attached hydrogens (tertiary/aromatic N) is 2. The fourth-order valence-electron chi connectivity index (χ4n) is 3.69. The van der Waals surface area contributed by atoms with Crippen LogP contribution in [0.3, 0.4) is 0 Å². The molecule has 34 heavy (non-hydrogen) atoms. The molecule has 0 atom stereocenters. The average molecular weight is 479 g/mol. The van der Waals surface area contributed by atoms with Crippen LogP contribution in [0.25, 0.3) is 0 Å². The van der Waals surface area contributed by atoms with E-state index < -0.39 is 0 Å². The van der Waals surface area contributed by atoms with Crippen molar-refractivity contribution in [1.29, 1.82) is 0 Å². The first-order valence-electron chi connectivity index (χ1n) is 11.1. The Morgan fingerprint density at radius 2 is 1.71 bits per heavy atom. The summed E-state index contributed by atoms with van der Waals surface area (Å²) in [5, 5.41) is 5.94. The molecule has 1 fully saturated rings. The van der Waals surface area contributed by atoms with Gasteiger partial charge >= 0.3 is 0 Å². The number of carbonyl (C=O) groups excluding carboxylic acids is 2. The number of hydrogen-bond acceptors (Lipinski definition) is 6. The molecule has 4 rings (SSSR count). The number of nitrogens with one attached hydrogen (secondary N) is 2. The zero-order valence-corrected chi connectivity index (χ0v) is 19.6. The highest BCUT2D eigenvalue weighted by molar-refractivity contribution is 7.80. The van der Waals surface area contributed by atoms with Gasteiger partial charge in [-0.05, 0) is 79.8 Å². The summed E-state index contributed by atoms with van der Waals surface area (Å²) < 4.78 is 10.6. The number of thiocarbonyl (C=S) groups is 1. The number of anilines is 2. The van der Waals surface area contributed by atoms with Crippen LogP contribution in [0.2, 0.25) is 0 Å². The van der Waals surface area contributed by atoms with Crippen molar-refractivity contribution in [1.82, 2.24) is 10.2 Å². The van der Waals surface area contributed by atoms with Gasteiger partial charge in [0.1, 0.15) is 5.75 Å². The van der Waals surface area contributed by atoms with Crippen LogP contribution in [0, 0.1) is 0 Å². The molecule has 0 aliphatic carbocycles. The Kier molecular flexibility index (Phi) is 7.44. The molecule has 1 aliphatic rings. The van der Waals surface area contributed by atoms with Gasteiger partial charge in [0.05, 0.1) is 12.9 Å². The molecule has 3 aromatic rings. The quantitative estimate of drug-likeness (QED) is 0.522. The summed E-state index contributed by atoms with van der Waals surface area (Å²) in [6.45, 7) is 5.19. The second-order valence-electron chi connectivity index (χ2n) is 7.67. The average Bonchev–Trinajstić information content (AvgIpc) is 3.40. The number of hydrogen-bond donors (Lipinski definition) is 2. The van der Waals surface area contributed by atoms with E-state index in [2.05, 4.69) is 15.5 Å². The van der Waals surface area contributed by atoms with Gasteiger partial charge in [-0.2, -0.15) is 0 Å². The summed E-state index contributed by atoms with van der Waals surface area (Å²) in [6, 6.07) is 18.1. The van der Waals surface area contributed by atoms with Gasteiger partial charge in [0.2, 0.25) is 0 Å². The van der Waals surface area contributed by atoms with Crippen LogP contribution in [0.1, 0.15) is 27.8 Å². The smallest absolute Gasteiger partial charge is 0.289 e. The first-order valence-corrected chi connectivity index (χ1v) is 11.5. The van der Waals surface area contributed by atoms with E-state index >= 15 is 0 Å². The van der Waals surface area contributed by atoms with Gasteiger partial charge in [0.25, 0.3) is 11.8 Å². The van der Waals surface area contributed by atoms with Gasteiger partial charge in [-0.3, -0.25) is 14.9 Å². The number of benzene rings is 2. The van der Waals surface area contributed by atoms with Crippen LogP contribution >= 0.6 is 12.2 Å². The molecule has 1 saturated heterocycles. The van der Waals surface area contributed by atoms with E-state index in [-0.39, 0.29) is 16.9 Å². The summed E-state index contributed by atoms with van der Waals surface area (Å²) in [6.07, 6.45) is 1.51. The van der Waals surface area contributed by atoms with Gasteiger partial charge in [-0.1, -0.05) is 0 Å². The number of ether oxygens (including phenoxy) is 1. The molecule has 2 N–H and O–H groups in total. The highest BCUT2D eigenvalue weighted by Gasteiger charge is 2.23. The van der Waals surface area contributed by atoms with Crippen LogP contribution in [0.15, 0.2) is 71.3 Å². The first kappa shape index (κ1) is 23.3. The Morgan fingerprint density at radius 3 is 2.32 bits per heavy atom. The zero-order valence-electron chi connectivity index (χ0n) is 18.8. The van der Waals surface area contributed by atoms with Crippen molar-refractivity contribution in [2.75, 3.05) is 43.0 Å². The van der Waals surface area contributed by atoms with Gasteiger partial charge in [0.15, 0.2) is 10.9 Å². The van der Waals surface area contributed by atoms with Crippen molar-refractivity contribution in [3.63, 3.8) is 0 Å². The van der Waals surface area contributed by atoms with Crippen LogP contribution in [-0.4, -0.2) is 54.6 Å². The molecule has 1 aromatic heterocycles. The molecule has 176 valence electrons. The molecular weight excluding hydrogens is 452 g/mol. The monoisotopic (exact) mass is 478 g/mol. The minimum absolute atomic E-state index is 0.0787. The summed E-state index contributed by atoms with van der Waals surface area (Å²) in [5.41, 5.74) is 2.32. The molecular formula is C25H26N4O4S. The van der Waals surface area contributed by atoms with Crippen LogP contribution in [0.5, 0.6) is 5.75 Å². The maximum Gasteiger partial charge on any atom is 0.289 e. The van der Waals surface area contributed by atoms with E-state index in [4.69, 9.17) is 21.4 Å². The molecule has 0 unspecified atom stereocenters. The number of piperazine rings is 1. The van der Waals surface area contributed by atoms with Crippen molar-refractivity contribution < 1.29 is 18.7 Å². The number of furan rings is 1. The topological polar surface area (TPSA) is 87.0 Å². The molecule has 0 bridgehead atoms. The van der Waals surface area contributed by atoms with Crippen molar-refractivity contribution >= 4 is 40.5 Å². The molecule has 2 aromatic carbocycles. The van der Waals surface area contributed by atoms with Crippen LogP contribution < -0.4 is 20.3 Å². The minimum atomic E-state index is -0.292. The first-order chi connectivity index (χ1) is 16.5. The minimum Gasteiger partial charge on any atom is -0.494 e. The summed E-state index contributed by atoms with van der Waals surface area (Å²) in [4.78, 5) is 28.8. The molecule has 2 heterocycles. The van der Waals surface area contributed by atoms with Crippen LogP contribution in [-0.2, 0) is 0 Å². The number of amides is 2. The largest absolute Gasteiger partial charge is 0.494 e. The second kappa shape index (κ2) is 10.8. The third-order valence-corrected chi connectivity index (χ3v) is 5.65. The lowest BCUT2D eigenvalue weighted by Gasteiger charge is -2.35. The van der Waals surface area contributed by atoms with E-state index in [0.29, 0.717) is 36.8 Å². The lowest BCUT2D eigenvalue weighted by molar-refractivity contribution is 0.0714. The molecule has 2 amide bonds. The molecule has 9 heteroatoms. The molecule has 0 radical (unpaired) electrons. The third-order valence-electron chi connectivity index (χ3n) is 5.44. The summed E-state index contributed by atoms with van der Waals surface area (Å²) in [5.74, 6) is 0.712. The Labute approximate surface area is 203 Å². The van der Waals surface area contributed by atoms with E-state index in [1.807, 2.05) is 31.2 Å². The highest BCUT2D eigenvalue weighted by Crippen LogP contribution is 2.20. The van der Waals surface area contributed by atoms with E-state index in [9.17, 15) is 9.59 Å². The lowest BCUT2D eigenvalue weighted by Crippen LogP contribution is -2.48. The van der Waals surface area contributed by atoms with Crippen molar-refractivity contribution in [3.8, 4) is 5.75 Å². The van der Waals surface area contributed by atoms with Gasteiger partial charge in [0, 0.05) is 43.1 Å². The molecule has 0 saturated carbocycles. The van der Waals surface area contributed by atoms with Crippen molar-refractivity contribution in [2.45, 2.75) is 6.92 Å². The fourth-order valence-corrected chi connectivity index (χ4v) is 3.90. The van der Waals surface area contributed by atoms with Gasteiger partial charge < -0.3 is 24.3 Å². The lowest BCUT2D eigenvalue weighted by atomic mass is 10.2. The zero-order chi connectivity index (χ0) is 23.9. The highest BCUT2D eigenvalue weighted by atomic mass is 32.1. The van der Waals surface area contributed by atoms with E-state index in [1.165, 1.54) is 6.26 Å². The van der Waals surface area contributed by atoms with Crippen molar-refractivity contribution in [2.24, 2.45) is 0 Å². The van der Waals surface area contributed by atoms with Gasteiger partial charge in [-0.25, -0.2) is 0 Å². The maximum absolute atomic E-state index is 12.4. The normalized spacial score (nSPS) is 13.3. The molecule has 8 nitrogen and oxygen atoms in total. The Morgan fingerprint density at radius 1 is 1.00 bits per heavy atom. The predicted molar refractivity (Wildman–Crippen MR) is 135 cm³/mol. The Bertz CT molecular complexity index is 1120. The Hall–Kier alpha value is -3.85. The van der Waals surface area contributed by atoms with Gasteiger partial charge in [-0.15, -0.1) is 0 Å². The third kappa shape index (κ3) is 5.74. The fraction of sp³-hybridized carbons (Fsp3) is 0.240. The standard InChI is InChI=1S/C25H26N4O4S/c1-2-32-21-11-5-18(6-12-21)23(30)27-25(34)26-19-7-9-20(10-8-19)28-13-15-29(16-14-28)24(31)22-4-3-17-33-22/h3-12,17H,2,13-16H2,1H3,(H2,26,27,30,34). The number of carbonyl (C=O) groups is 2. The summed E-state index contributed by atoms with van der Waals surface area (Å²) in [7, 11) is 0. The molecule has 1 aliphatic heterocycles.